The van der Waals surface area contributed by atoms with Gasteiger partial charge in [0, 0.05) is 24.8 Å². The molecule has 4 heterocycles. The molecule has 3 aromatic rings. The maximum Gasteiger partial charge on any atom is 0.255 e. The zero-order valence-corrected chi connectivity index (χ0v) is 16.9. The second-order valence-corrected chi connectivity index (χ2v) is 7.47. The SMILES string of the molecule is CC(c1ccccn1)N(C)C(=O)c1cnc2c(c1)N(Cc1cscn1)C(=O)CN2. The van der Waals surface area contributed by atoms with E-state index in [1.165, 1.54) is 17.5 Å². The van der Waals surface area contributed by atoms with Crippen LogP contribution in [0, 0.1) is 0 Å². The monoisotopic (exact) mass is 408 g/mol. The van der Waals surface area contributed by atoms with E-state index in [2.05, 4.69) is 20.3 Å². The number of nitrogens with one attached hydrogen (secondary N) is 1. The lowest BCUT2D eigenvalue weighted by Gasteiger charge is -2.30. The van der Waals surface area contributed by atoms with E-state index in [0.717, 1.165) is 11.4 Å². The van der Waals surface area contributed by atoms with Gasteiger partial charge in [0.2, 0.25) is 5.91 Å². The van der Waals surface area contributed by atoms with Crippen molar-refractivity contribution in [2.75, 3.05) is 23.8 Å². The largest absolute Gasteiger partial charge is 0.359 e. The first kappa shape index (κ1) is 19.0. The van der Waals surface area contributed by atoms with Gasteiger partial charge in [-0.05, 0) is 25.1 Å². The van der Waals surface area contributed by atoms with Crippen molar-refractivity contribution < 1.29 is 9.59 Å². The molecule has 0 aliphatic carbocycles. The molecule has 29 heavy (non-hydrogen) atoms. The molecule has 0 spiro atoms. The Kier molecular flexibility index (Phi) is 5.22. The molecule has 1 N–H and O–H groups in total. The molecule has 0 fully saturated rings. The molecule has 9 heteroatoms. The number of thiazole rings is 1. The normalized spacial score (nSPS) is 14.1. The highest BCUT2D eigenvalue weighted by Gasteiger charge is 2.28. The highest BCUT2D eigenvalue weighted by atomic mass is 32.1. The smallest absolute Gasteiger partial charge is 0.255 e. The molecule has 1 unspecified atom stereocenters. The molecule has 1 atom stereocenters. The van der Waals surface area contributed by atoms with Crippen molar-refractivity contribution in [1.29, 1.82) is 0 Å². The highest BCUT2D eigenvalue weighted by molar-refractivity contribution is 7.07. The Hall–Kier alpha value is -3.33. The summed E-state index contributed by atoms with van der Waals surface area (Å²) in [6, 6.07) is 7.13. The van der Waals surface area contributed by atoms with E-state index in [-0.39, 0.29) is 24.4 Å². The Balaban J connectivity index is 1.61. The van der Waals surface area contributed by atoms with Gasteiger partial charge in [-0.1, -0.05) is 6.07 Å². The number of aromatic nitrogens is 3. The van der Waals surface area contributed by atoms with Crippen LogP contribution in [-0.2, 0) is 11.3 Å². The van der Waals surface area contributed by atoms with Crippen LogP contribution in [0.1, 0.15) is 34.7 Å². The first-order valence-corrected chi connectivity index (χ1v) is 10.1. The van der Waals surface area contributed by atoms with Gasteiger partial charge < -0.3 is 15.1 Å². The third kappa shape index (κ3) is 3.81. The van der Waals surface area contributed by atoms with Gasteiger partial charge >= 0.3 is 0 Å². The molecule has 0 bridgehead atoms. The number of rotatable bonds is 5. The minimum Gasteiger partial charge on any atom is -0.359 e. The third-order valence-corrected chi connectivity index (χ3v) is 5.57. The van der Waals surface area contributed by atoms with Crippen LogP contribution in [0.2, 0.25) is 0 Å². The summed E-state index contributed by atoms with van der Waals surface area (Å²) in [4.78, 5) is 41.8. The highest BCUT2D eigenvalue weighted by Crippen LogP contribution is 2.30. The van der Waals surface area contributed by atoms with Crippen molar-refractivity contribution in [2.24, 2.45) is 0 Å². The minimum absolute atomic E-state index is 0.0906. The fraction of sp³-hybridized carbons (Fsp3) is 0.250. The number of carbonyl (C=O) groups excluding carboxylic acids is 2. The molecular weight excluding hydrogens is 388 g/mol. The number of pyridine rings is 2. The predicted molar refractivity (Wildman–Crippen MR) is 111 cm³/mol. The molecule has 1 aliphatic rings. The first-order valence-electron chi connectivity index (χ1n) is 9.14. The van der Waals surface area contributed by atoms with E-state index in [1.54, 1.807) is 34.6 Å². The number of hydrogen-bond donors (Lipinski definition) is 1. The lowest BCUT2D eigenvalue weighted by Crippen LogP contribution is -2.40. The Morgan fingerprint density at radius 2 is 2.21 bits per heavy atom. The molecule has 2 amide bonds. The van der Waals surface area contributed by atoms with E-state index in [9.17, 15) is 9.59 Å². The van der Waals surface area contributed by atoms with E-state index in [1.807, 2.05) is 30.5 Å². The summed E-state index contributed by atoms with van der Waals surface area (Å²) < 4.78 is 0. The molecule has 0 saturated carbocycles. The summed E-state index contributed by atoms with van der Waals surface area (Å²) in [5.74, 6) is 0.300. The number of nitrogens with zero attached hydrogens (tertiary/aromatic N) is 5. The molecular formula is C20H20N6O2S. The zero-order valence-electron chi connectivity index (χ0n) is 16.1. The van der Waals surface area contributed by atoms with Crippen LogP contribution >= 0.6 is 11.3 Å². The average molecular weight is 408 g/mol. The standard InChI is InChI=1S/C20H20N6O2S/c1-13(16-5-3-4-6-21-16)25(2)20(28)14-7-17-19(22-8-14)23-9-18(27)26(17)10-15-11-29-12-24-15/h3-8,11-13H,9-10H2,1-2H3,(H,22,23). The third-order valence-electron chi connectivity index (χ3n) is 4.93. The van der Waals surface area contributed by atoms with Crippen molar-refractivity contribution in [3.8, 4) is 0 Å². The van der Waals surface area contributed by atoms with Crippen LogP contribution in [0.4, 0.5) is 11.5 Å². The quantitative estimate of drug-likeness (QED) is 0.698. The van der Waals surface area contributed by atoms with Crippen molar-refractivity contribution in [1.82, 2.24) is 19.9 Å². The Bertz CT molecular complexity index is 1020. The van der Waals surface area contributed by atoms with Gasteiger partial charge in [-0.3, -0.25) is 14.6 Å². The summed E-state index contributed by atoms with van der Waals surface area (Å²) in [6.45, 7) is 2.43. The summed E-state index contributed by atoms with van der Waals surface area (Å²) in [6.07, 6.45) is 3.24. The van der Waals surface area contributed by atoms with Gasteiger partial charge in [0.05, 0.1) is 47.3 Å². The molecule has 8 nitrogen and oxygen atoms in total. The van der Waals surface area contributed by atoms with E-state index in [0.29, 0.717) is 23.6 Å². The zero-order chi connectivity index (χ0) is 20.4. The Labute approximate surface area is 172 Å². The van der Waals surface area contributed by atoms with Crippen molar-refractivity contribution in [3.05, 3.63) is 64.5 Å². The molecule has 0 radical (unpaired) electrons. The van der Waals surface area contributed by atoms with Crippen LogP contribution in [0.3, 0.4) is 0 Å². The van der Waals surface area contributed by atoms with Gasteiger partial charge in [-0.15, -0.1) is 11.3 Å². The van der Waals surface area contributed by atoms with Crippen molar-refractivity contribution >= 4 is 34.7 Å². The lowest BCUT2D eigenvalue weighted by molar-refractivity contribution is -0.117. The van der Waals surface area contributed by atoms with Gasteiger partial charge in [0.25, 0.3) is 5.91 Å². The van der Waals surface area contributed by atoms with Crippen LogP contribution in [0.5, 0.6) is 0 Å². The second kappa shape index (κ2) is 7.96. The molecule has 0 saturated heterocycles. The van der Waals surface area contributed by atoms with Crippen LogP contribution < -0.4 is 10.2 Å². The van der Waals surface area contributed by atoms with Gasteiger partial charge in [0.1, 0.15) is 0 Å². The summed E-state index contributed by atoms with van der Waals surface area (Å²) >= 11 is 1.48. The minimum atomic E-state index is -0.203. The van der Waals surface area contributed by atoms with E-state index in [4.69, 9.17) is 0 Å². The summed E-state index contributed by atoms with van der Waals surface area (Å²) in [5.41, 5.74) is 4.33. The van der Waals surface area contributed by atoms with E-state index < -0.39 is 0 Å². The van der Waals surface area contributed by atoms with Gasteiger partial charge in [-0.25, -0.2) is 9.97 Å². The van der Waals surface area contributed by atoms with Gasteiger partial charge in [-0.2, -0.15) is 0 Å². The maximum absolute atomic E-state index is 13.1. The topological polar surface area (TPSA) is 91.3 Å². The number of carbonyl (C=O) groups is 2. The van der Waals surface area contributed by atoms with Crippen molar-refractivity contribution in [3.63, 3.8) is 0 Å². The lowest BCUT2D eigenvalue weighted by atomic mass is 10.1. The van der Waals surface area contributed by atoms with Crippen LogP contribution in [0.25, 0.3) is 0 Å². The molecule has 1 aliphatic heterocycles. The maximum atomic E-state index is 13.1. The number of hydrogen-bond acceptors (Lipinski definition) is 7. The Morgan fingerprint density at radius 3 is 2.93 bits per heavy atom. The second-order valence-electron chi connectivity index (χ2n) is 6.75. The Morgan fingerprint density at radius 1 is 1.34 bits per heavy atom. The summed E-state index contributed by atoms with van der Waals surface area (Å²) in [7, 11) is 1.73. The van der Waals surface area contributed by atoms with Crippen molar-refractivity contribution in [2.45, 2.75) is 19.5 Å². The van der Waals surface area contributed by atoms with Crippen LogP contribution in [0.15, 0.2) is 47.5 Å². The number of amides is 2. The molecule has 148 valence electrons. The fourth-order valence-electron chi connectivity index (χ4n) is 3.15. The number of fused-ring (bicyclic) bond motifs is 1. The molecule has 0 aromatic carbocycles. The van der Waals surface area contributed by atoms with E-state index >= 15 is 0 Å². The predicted octanol–water partition coefficient (Wildman–Crippen LogP) is 2.73. The number of anilines is 2. The molecule has 3 aromatic heterocycles. The molecule has 4 rings (SSSR count). The van der Waals surface area contributed by atoms with Crippen LogP contribution in [-0.4, -0.2) is 45.3 Å². The fourth-order valence-corrected chi connectivity index (χ4v) is 3.70. The summed E-state index contributed by atoms with van der Waals surface area (Å²) in [5, 5.41) is 4.91. The average Bonchev–Trinajstić information content (AvgIpc) is 3.28. The first-order chi connectivity index (χ1) is 14.0. The van der Waals surface area contributed by atoms with Gasteiger partial charge in [0.15, 0.2) is 5.82 Å².